The van der Waals surface area contributed by atoms with Gasteiger partial charge in [0.05, 0.1) is 18.6 Å². The summed E-state index contributed by atoms with van der Waals surface area (Å²) in [7, 11) is 0. The van der Waals surface area contributed by atoms with Crippen molar-refractivity contribution in [2.75, 3.05) is 5.75 Å². The molecule has 0 aliphatic rings. The van der Waals surface area contributed by atoms with Gasteiger partial charge in [0.2, 0.25) is 5.91 Å². The Balaban J connectivity index is 1.81. The van der Waals surface area contributed by atoms with Gasteiger partial charge in [-0.05, 0) is 43.2 Å². The SMILES string of the molecule is Cc1cccc(OCc2nnc(SCC(N)=O)n2Cc2ccco2)c1C. The van der Waals surface area contributed by atoms with Crippen LogP contribution in [0, 0.1) is 13.8 Å². The number of primary amides is 1. The summed E-state index contributed by atoms with van der Waals surface area (Å²) < 4.78 is 13.2. The Morgan fingerprint density at radius 1 is 1.27 bits per heavy atom. The van der Waals surface area contributed by atoms with Crippen LogP contribution < -0.4 is 10.5 Å². The van der Waals surface area contributed by atoms with Crippen LogP contribution in [0.25, 0.3) is 0 Å². The van der Waals surface area contributed by atoms with E-state index in [9.17, 15) is 4.79 Å². The van der Waals surface area contributed by atoms with Gasteiger partial charge in [-0.15, -0.1) is 10.2 Å². The minimum absolute atomic E-state index is 0.133. The number of thioether (sulfide) groups is 1. The van der Waals surface area contributed by atoms with E-state index >= 15 is 0 Å². The smallest absolute Gasteiger partial charge is 0.227 e. The van der Waals surface area contributed by atoms with Crippen LogP contribution in [0.5, 0.6) is 5.75 Å². The third-order valence-corrected chi connectivity index (χ3v) is 4.93. The lowest BCUT2D eigenvalue weighted by Gasteiger charge is -2.12. The zero-order valence-corrected chi connectivity index (χ0v) is 15.5. The van der Waals surface area contributed by atoms with E-state index in [1.165, 1.54) is 11.8 Å². The molecule has 0 aliphatic heterocycles. The third-order valence-electron chi connectivity index (χ3n) is 3.94. The first kappa shape index (κ1) is 18.1. The molecule has 2 heterocycles. The zero-order chi connectivity index (χ0) is 18.5. The molecule has 0 radical (unpaired) electrons. The number of aromatic nitrogens is 3. The fourth-order valence-corrected chi connectivity index (χ4v) is 3.10. The molecule has 0 saturated carbocycles. The van der Waals surface area contributed by atoms with Crippen molar-refractivity contribution in [1.82, 2.24) is 14.8 Å². The molecule has 7 nitrogen and oxygen atoms in total. The summed E-state index contributed by atoms with van der Waals surface area (Å²) in [4.78, 5) is 11.1. The van der Waals surface area contributed by atoms with Crippen LogP contribution in [0.1, 0.15) is 22.7 Å². The molecular formula is C18H20N4O3S. The Labute approximate surface area is 155 Å². The standard InChI is InChI=1S/C18H20N4O3S/c1-12-5-3-7-15(13(12)2)25-10-17-20-21-18(26-11-16(19)23)22(17)9-14-6-4-8-24-14/h3-8H,9-11H2,1-2H3,(H2,19,23). The van der Waals surface area contributed by atoms with Crippen molar-refractivity contribution in [1.29, 1.82) is 0 Å². The second-order valence-corrected chi connectivity index (χ2v) is 6.75. The number of furan rings is 1. The van der Waals surface area contributed by atoms with E-state index in [-0.39, 0.29) is 12.4 Å². The van der Waals surface area contributed by atoms with Gasteiger partial charge in [0.15, 0.2) is 11.0 Å². The van der Waals surface area contributed by atoms with Crippen LogP contribution in [0.3, 0.4) is 0 Å². The molecule has 8 heteroatoms. The van der Waals surface area contributed by atoms with Gasteiger partial charge in [0, 0.05) is 0 Å². The predicted octanol–water partition coefficient (Wildman–Crippen LogP) is 2.69. The largest absolute Gasteiger partial charge is 0.485 e. The lowest BCUT2D eigenvalue weighted by Crippen LogP contribution is -2.14. The van der Waals surface area contributed by atoms with Crippen molar-refractivity contribution in [3.8, 4) is 5.75 Å². The summed E-state index contributed by atoms with van der Waals surface area (Å²) in [5.41, 5.74) is 7.49. The monoisotopic (exact) mass is 372 g/mol. The summed E-state index contributed by atoms with van der Waals surface area (Å²) in [5, 5.41) is 8.98. The number of carbonyl (C=O) groups is 1. The number of hydrogen-bond donors (Lipinski definition) is 1. The lowest BCUT2D eigenvalue weighted by atomic mass is 10.1. The van der Waals surface area contributed by atoms with Gasteiger partial charge in [-0.2, -0.15) is 0 Å². The molecule has 3 rings (SSSR count). The maximum atomic E-state index is 11.1. The molecule has 0 aliphatic carbocycles. The average Bonchev–Trinajstić information content (AvgIpc) is 3.25. The normalized spacial score (nSPS) is 10.8. The van der Waals surface area contributed by atoms with Crippen molar-refractivity contribution in [3.05, 3.63) is 59.3 Å². The zero-order valence-electron chi connectivity index (χ0n) is 14.6. The van der Waals surface area contributed by atoms with Crippen LogP contribution in [0.2, 0.25) is 0 Å². The number of rotatable bonds is 8. The second-order valence-electron chi connectivity index (χ2n) is 5.81. The second kappa shape index (κ2) is 8.09. The summed E-state index contributed by atoms with van der Waals surface area (Å²) in [6.07, 6.45) is 1.61. The quantitative estimate of drug-likeness (QED) is 0.611. The molecule has 1 amide bonds. The molecule has 0 unspecified atom stereocenters. The Morgan fingerprint density at radius 2 is 2.12 bits per heavy atom. The van der Waals surface area contributed by atoms with Crippen molar-refractivity contribution >= 4 is 17.7 Å². The predicted molar refractivity (Wildman–Crippen MR) is 98.0 cm³/mol. The number of carbonyl (C=O) groups excluding carboxylic acids is 1. The first-order valence-electron chi connectivity index (χ1n) is 8.09. The van der Waals surface area contributed by atoms with Crippen LogP contribution in [0.4, 0.5) is 0 Å². The van der Waals surface area contributed by atoms with E-state index in [2.05, 4.69) is 10.2 Å². The van der Waals surface area contributed by atoms with Gasteiger partial charge in [-0.1, -0.05) is 23.9 Å². The van der Waals surface area contributed by atoms with Crippen LogP contribution >= 0.6 is 11.8 Å². The fourth-order valence-electron chi connectivity index (χ4n) is 2.41. The number of aryl methyl sites for hydroxylation is 1. The first-order valence-corrected chi connectivity index (χ1v) is 9.07. The van der Waals surface area contributed by atoms with E-state index in [1.54, 1.807) is 6.26 Å². The first-order chi connectivity index (χ1) is 12.5. The molecular weight excluding hydrogens is 352 g/mol. The average molecular weight is 372 g/mol. The van der Waals surface area contributed by atoms with Crippen molar-refractivity contribution in [2.45, 2.75) is 32.2 Å². The van der Waals surface area contributed by atoms with Crippen LogP contribution in [-0.2, 0) is 17.9 Å². The van der Waals surface area contributed by atoms with Crippen molar-refractivity contribution in [2.24, 2.45) is 5.73 Å². The van der Waals surface area contributed by atoms with Crippen molar-refractivity contribution in [3.63, 3.8) is 0 Å². The topological polar surface area (TPSA) is 96.2 Å². The Bertz CT molecular complexity index is 890. The number of amides is 1. The molecule has 0 fully saturated rings. The van der Waals surface area contributed by atoms with Crippen LogP contribution in [-0.4, -0.2) is 26.4 Å². The highest BCUT2D eigenvalue weighted by molar-refractivity contribution is 7.99. The Morgan fingerprint density at radius 3 is 2.85 bits per heavy atom. The molecule has 3 aromatic rings. The molecule has 0 saturated heterocycles. The Kier molecular flexibility index (Phi) is 5.62. The van der Waals surface area contributed by atoms with Gasteiger partial charge in [0.25, 0.3) is 0 Å². The Hall–Kier alpha value is -2.74. The van der Waals surface area contributed by atoms with E-state index in [1.807, 2.05) is 48.7 Å². The molecule has 0 atom stereocenters. The van der Waals surface area contributed by atoms with Crippen molar-refractivity contribution < 1.29 is 13.9 Å². The van der Waals surface area contributed by atoms with Gasteiger partial charge in [0.1, 0.15) is 18.1 Å². The number of nitrogens with zero attached hydrogens (tertiary/aromatic N) is 3. The maximum absolute atomic E-state index is 11.1. The highest BCUT2D eigenvalue weighted by atomic mass is 32.2. The molecule has 2 N–H and O–H groups in total. The van der Waals surface area contributed by atoms with Crippen LogP contribution in [0.15, 0.2) is 46.2 Å². The fraction of sp³-hybridized carbons (Fsp3) is 0.278. The molecule has 1 aromatic carbocycles. The number of nitrogens with two attached hydrogens (primary N) is 1. The molecule has 0 bridgehead atoms. The highest BCUT2D eigenvalue weighted by Gasteiger charge is 2.16. The molecule has 136 valence electrons. The third kappa shape index (κ3) is 4.26. The van der Waals surface area contributed by atoms with E-state index in [0.29, 0.717) is 17.5 Å². The summed E-state index contributed by atoms with van der Waals surface area (Å²) in [5.74, 6) is 1.95. The summed E-state index contributed by atoms with van der Waals surface area (Å²) in [6.45, 7) is 4.77. The number of hydrogen-bond acceptors (Lipinski definition) is 6. The molecule has 26 heavy (non-hydrogen) atoms. The van der Waals surface area contributed by atoms with E-state index < -0.39 is 5.91 Å². The van der Waals surface area contributed by atoms with Gasteiger partial charge in [-0.25, -0.2) is 0 Å². The minimum Gasteiger partial charge on any atom is -0.485 e. The van der Waals surface area contributed by atoms with Gasteiger partial charge >= 0.3 is 0 Å². The molecule has 2 aromatic heterocycles. The van der Waals surface area contributed by atoms with Gasteiger partial charge in [-0.3, -0.25) is 9.36 Å². The minimum atomic E-state index is -0.407. The number of benzene rings is 1. The summed E-state index contributed by atoms with van der Waals surface area (Å²) in [6, 6.07) is 9.62. The lowest BCUT2D eigenvalue weighted by molar-refractivity contribution is -0.115. The summed E-state index contributed by atoms with van der Waals surface area (Å²) >= 11 is 1.24. The molecule has 0 spiro atoms. The highest BCUT2D eigenvalue weighted by Crippen LogP contribution is 2.23. The van der Waals surface area contributed by atoms with Gasteiger partial charge < -0.3 is 14.9 Å². The van der Waals surface area contributed by atoms with E-state index in [0.717, 1.165) is 22.6 Å². The number of ether oxygens (including phenoxy) is 1. The maximum Gasteiger partial charge on any atom is 0.227 e. The van der Waals surface area contributed by atoms with E-state index in [4.69, 9.17) is 14.9 Å².